The Balaban J connectivity index is 1.44. The van der Waals surface area contributed by atoms with E-state index < -0.39 is 6.43 Å². The normalized spacial score (nSPS) is 24.5. The fraction of sp³-hybridized carbons (Fsp3) is 0.400. The first kappa shape index (κ1) is 20.2. The number of rotatable bonds is 6. The predicted octanol–water partition coefficient (Wildman–Crippen LogP) is 6.22. The lowest BCUT2D eigenvalue weighted by molar-refractivity contribution is 0.0622. The second-order valence-electron chi connectivity index (χ2n) is 9.28. The molecule has 162 valence electrons. The molecule has 3 nitrogen and oxygen atoms in total. The number of nitrogens with zero attached hydrogens (tertiary/aromatic N) is 1. The Morgan fingerprint density at radius 1 is 1.10 bits per heavy atom. The number of fused-ring (bicyclic) bond motifs is 2. The summed E-state index contributed by atoms with van der Waals surface area (Å²) < 4.78 is 41.9. The number of alkyl halides is 2. The van der Waals surface area contributed by atoms with Gasteiger partial charge in [0.15, 0.2) is 0 Å². The van der Waals surface area contributed by atoms with Gasteiger partial charge in [-0.2, -0.15) is 0 Å². The number of carbonyl (C=O) groups excluding carboxylic acids is 1. The van der Waals surface area contributed by atoms with E-state index in [9.17, 15) is 18.0 Å². The van der Waals surface area contributed by atoms with Crippen molar-refractivity contribution >= 4 is 16.8 Å². The minimum Gasteiger partial charge on any atom is -0.346 e. The van der Waals surface area contributed by atoms with E-state index in [4.69, 9.17) is 0 Å². The van der Waals surface area contributed by atoms with Crippen molar-refractivity contribution in [2.45, 2.75) is 57.5 Å². The molecule has 1 N–H and O–H groups in total. The summed E-state index contributed by atoms with van der Waals surface area (Å²) in [6, 6.07) is 10.6. The molecule has 0 aliphatic heterocycles. The molecule has 2 aromatic carbocycles. The number of aromatic nitrogens is 1. The largest absolute Gasteiger partial charge is 0.346 e. The molecule has 3 aliphatic rings. The summed E-state index contributed by atoms with van der Waals surface area (Å²) in [5.41, 5.74) is 2.00. The van der Waals surface area contributed by atoms with Crippen molar-refractivity contribution in [1.82, 2.24) is 9.88 Å². The summed E-state index contributed by atoms with van der Waals surface area (Å²) >= 11 is 0. The first-order valence-corrected chi connectivity index (χ1v) is 10.8. The van der Waals surface area contributed by atoms with E-state index in [1.54, 1.807) is 30.5 Å². The van der Waals surface area contributed by atoms with Crippen molar-refractivity contribution in [2.75, 3.05) is 0 Å². The van der Waals surface area contributed by atoms with Crippen LogP contribution in [0.5, 0.6) is 0 Å². The molecule has 3 fully saturated rings. The van der Waals surface area contributed by atoms with Crippen LogP contribution in [0.25, 0.3) is 10.9 Å². The first-order valence-electron chi connectivity index (χ1n) is 10.8. The van der Waals surface area contributed by atoms with Crippen molar-refractivity contribution in [1.29, 1.82) is 0 Å². The molecule has 3 aromatic rings. The SMILES string of the molecule is CCC12CCC(NC(=O)c3ccc(F)c4ccn(Cc5ccc(C(F)F)cc5)c34)(C1)C2. The van der Waals surface area contributed by atoms with Gasteiger partial charge in [-0.3, -0.25) is 4.79 Å². The Morgan fingerprint density at radius 2 is 1.84 bits per heavy atom. The van der Waals surface area contributed by atoms with Crippen LogP contribution in [-0.4, -0.2) is 16.0 Å². The zero-order valence-electron chi connectivity index (χ0n) is 17.4. The van der Waals surface area contributed by atoms with Gasteiger partial charge in [-0.1, -0.05) is 37.6 Å². The average Bonchev–Trinajstić information content (AvgIpc) is 3.41. The maximum Gasteiger partial charge on any atom is 0.263 e. The van der Waals surface area contributed by atoms with Crippen LogP contribution in [0.2, 0.25) is 0 Å². The van der Waals surface area contributed by atoms with Gasteiger partial charge in [0.1, 0.15) is 5.82 Å². The molecule has 6 heteroatoms. The van der Waals surface area contributed by atoms with Crippen LogP contribution < -0.4 is 5.32 Å². The Labute approximate surface area is 179 Å². The van der Waals surface area contributed by atoms with Crippen LogP contribution in [0.15, 0.2) is 48.7 Å². The van der Waals surface area contributed by atoms with Crippen LogP contribution in [0.4, 0.5) is 13.2 Å². The summed E-state index contributed by atoms with van der Waals surface area (Å²) in [7, 11) is 0. The highest BCUT2D eigenvalue weighted by molar-refractivity contribution is 6.06. The van der Waals surface area contributed by atoms with E-state index >= 15 is 0 Å². The highest BCUT2D eigenvalue weighted by Gasteiger charge is 2.60. The fourth-order valence-electron chi connectivity index (χ4n) is 5.70. The van der Waals surface area contributed by atoms with E-state index in [-0.39, 0.29) is 22.8 Å². The lowest BCUT2D eigenvalue weighted by Gasteiger charge is -2.47. The minimum absolute atomic E-state index is 0.0355. The lowest BCUT2D eigenvalue weighted by atomic mass is 9.63. The second kappa shape index (κ2) is 7.14. The molecular formula is C25H25F3N2O. The molecule has 1 amide bonds. The summed E-state index contributed by atoms with van der Waals surface area (Å²) in [4.78, 5) is 13.2. The Bertz CT molecular complexity index is 1140. The van der Waals surface area contributed by atoms with E-state index in [1.165, 1.54) is 18.2 Å². The van der Waals surface area contributed by atoms with Crippen LogP contribution in [0, 0.1) is 11.2 Å². The minimum atomic E-state index is -2.52. The third-order valence-electron chi connectivity index (χ3n) is 7.39. The molecule has 6 rings (SSSR count). The van der Waals surface area contributed by atoms with Gasteiger partial charge in [0.25, 0.3) is 12.3 Å². The summed E-state index contributed by atoms with van der Waals surface area (Å²) in [6.07, 6.45) is 4.54. The molecule has 31 heavy (non-hydrogen) atoms. The number of amides is 1. The van der Waals surface area contributed by atoms with Gasteiger partial charge in [-0.05, 0) is 54.9 Å². The number of hydrogen-bond donors (Lipinski definition) is 1. The number of carbonyl (C=O) groups is 1. The third kappa shape index (κ3) is 3.33. The van der Waals surface area contributed by atoms with Gasteiger partial charge in [0.05, 0.1) is 11.1 Å². The molecule has 0 saturated heterocycles. The molecule has 0 spiro atoms. The Hall–Kier alpha value is -2.76. The van der Waals surface area contributed by atoms with Gasteiger partial charge >= 0.3 is 0 Å². The topological polar surface area (TPSA) is 34.0 Å². The fourth-order valence-corrected chi connectivity index (χ4v) is 5.70. The summed E-state index contributed by atoms with van der Waals surface area (Å²) in [5, 5.41) is 3.64. The summed E-state index contributed by atoms with van der Waals surface area (Å²) in [6.45, 7) is 2.57. The zero-order chi connectivity index (χ0) is 21.8. The third-order valence-corrected chi connectivity index (χ3v) is 7.39. The molecule has 1 aromatic heterocycles. The number of nitrogens with one attached hydrogen (secondary N) is 1. The molecule has 0 atom stereocenters. The highest BCUT2D eigenvalue weighted by atomic mass is 19.3. The van der Waals surface area contributed by atoms with Gasteiger partial charge in [-0.25, -0.2) is 13.2 Å². The molecule has 2 bridgehead atoms. The standard InChI is InChI=1S/C25H25F3N2O/c1-2-24-10-11-25(14-24,15-24)29-23(31)19-7-8-20(26)18-9-12-30(21(18)19)13-16-3-5-17(6-4-16)22(27)28/h3-9,12,22H,2,10-11,13-15H2,1H3,(H,29,31). The number of halogens is 3. The maximum atomic E-state index is 14.5. The lowest BCUT2D eigenvalue weighted by Crippen LogP contribution is -2.55. The first-order chi connectivity index (χ1) is 14.8. The van der Waals surface area contributed by atoms with Crippen LogP contribution >= 0.6 is 0 Å². The van der Waals surface area contributed by atoms with Crippen LogP contribution in [0.3, 0.4) is 0 Å². The average molecular weight is 426 g/mol. The number of benzene rings is 2. The molecule has 0 unspecified atom stereocenters. The predicted molar refractivity (Wildman–Crippen MR) is 114 cm³/mol. The van der Waals surface area contributed by atoms with Crippen molar-refractivity contribution in [2.24, 2.45) is 5.41 Å². The molecule has 1 heterocycles. The molecular weight excluding hydrogens is 401 g/mol. The maximum absolute atomic E-state index is 14.5. The van der Waals surface area contributed by atoms with Gasteiger partial charge in [0, 0.05) is 29.2 Å². The van der Waals surface area contributed by atoms with Crippen molar-refractivity contribution in [3.05, 3.63) is 71.2 Å². The quantitative estimate of drug-likeness (QED) is 0.499. The van der Waals surface area contributed by atoms with Crippen LogP contribution in [0.1, 0.15) is 66.9 Å². The number of hydrogen-bond acceptors (Lipinski definition) is 1. The Kier molecular flexibility index (Phi) is 4.65. The molecule has 3 saturated carbocycles. The van der Waals surface area contributed by atoms with Crippen LogP contribution in [-0.2, 0) is 6.54 Å². The molecule has 0 radical (unpaired) electrons. The smallest absolute Gasteiger partial charge is 0.263 e. The van der Waals surface area contributed by atoms with E-state index in [2.05, 4.69) is 12.2 Å². The van der Waals surface area contributed by atoms with E-state index in [0.717, 1.165) is 37.7 Å². The molecule has 3 aliphatic carbocycles. The highest BCUT2D eigenvalue weighted by Crippen LogP contribution is 2.63. The van der Waals surface area contributed by atoms with E-state index in [1.807, 2.05) is 4.57 Å². The second-order valence-corrected chi connectivity index (χ2v) is 9.28. The Morgan fingerprint density at radius 3 is 2.48 bits per heavy atom. The summed E-state index contributed by atoms with van der Waals surface area (Å²) in [5.74, 6) is -0.560. The van der Waals surface area contributed by atoms with Crippen molar-refractivity contribution < 1.29 is 18.0 Å². The van der Waals surface area contributed by atoms with Crippen molar-refractivity contribution in [3.63, 3.8) is 0 Å². The van der Waals surface area contributed by atoms with Crippen molar-refractivity contribution in [3.8, 4) is 0 Å². The zero-order valence-corrected chi connectivity index (χ0v) is 17.4. The monoisotopic (exact) mass is 426 g/mol. The van der Waals surface area contributed by atoms with Gasteiger partial charge < -0.3 is 9.88 Å². The van der Waals surface area contributed by atoms with Gasteiger partial charge in [0.2, 0.25) is 0 Å². The van der Waals surface area contributed by atoms with Gasteiger partial charge in [-0.15, -0.1) is 0 Å². The van der Waals surface area contributed by atoms with E-state index in [0.29, 0.717) is 28.4 Å².